The van der Waals surface area contributed by atoms with Crippen LogP contribution in [0.5, 0.6) is 0 Å². The largest absolute Gasteiger partial charge is 0.463 e. The number of amides is 1. The van der Waals surface area contributed by atoms with E-state index in [2.05, 4.69) is 10.4 Å². The van der Waals surface area contributed by atoms with E-state index in [-0.39, 0.29) is 24.1 Å². The van der Waals surface area contributed by atoms with Crippen LogP contribution in [0.2, 0.25) is 0 Å². The lowest BCUT2D eigenvalue weighted by Gasteiger charge is -2.15. The van der Waals surface area contributed by atoms with Crippen LogP contribution in [0.15, 0.2) is 57.9 Å². The van der Waals surface area contributed by atoms with Crippen molar-refractivity contribution in [2.75, 3.05) is 0 Å². The van der Waals surface area contributed by atoms with E-state index >= 15 is 0 Å². The number of fused-ring (bicyclic) bond motifs is 3. The van der Waals surface area contributed by atoms with Gasteiger partial charge in [0, 0.05) is 18.6 Å². The number of furan rings is 1. The molecule has 3 heterocycles. The zero-order valence-electron chi connectivity index (χ0n) is 15.2. The summed E-state index contributed by atoms with van der Waals surface area (Å²) < 4.78 is 8.42. The molecule has 0 radical (unpaired) electrons. The molecule has 1 amide bonds. The van der Waals surface area contributed by atoms with Gasteiger partial charge < -0.3 is 9.73 Å². The van der Waals surface area contributed by atoms with Crippen molar-refractivity contribution < 1.29 is 9.21 Å². The van der Waals surface area contributed by atoms with Gasteiger partial charge in [-0.15, -0.1) is 0 Å². The van der Waals surface area contributed by atoms with Crippen molar-refractivity contribution in [1.29, 1.82) is 0 Å². The van der Waals surface area contributed by atoms with E-state index in [1.165, 1.54) is 4.68 Å². The quantitative estimate of drug-likeness (QED) is 0.590. The summed E-state index contributed by atoms with van der Waals surface area (Å²) in [6.07, 6.45) is 2.20. The van der Waals surface area contributed by atoms with E-state index in [1.54, 1.807) is 22.8 Å². The van der Waals surface area contributed by atoms with Gasteiger partial charge in [-0.25, -0.2) is 4.68 Å². The molecule has 3 aromatic heterocycles. The summed E-state index contributed by atoms with van der Waals surface area (Å²) in [7, 11) is 0. The second-order valence-electron chi connectivity index (χ2n) is 6.47. The first-order valence-electron chi connectivity index (χ1n) is 8.91. The van der Waals surface area contributed by atoms with Gasteiger partial charge in [-0.2, -0.15) is 5.10 Å². The highest BCUT2D eigenvalue weighted by Crippen LogP contribution is 2.20. The van der Waals surface area contributed by atoms with Crippen LogP contribution < -0.4 is 10.9 Å². The third-order valence-electron chi connectivity index (χ3n) is 4.66. The van der Waals surface area contributed by atoms with Crippen LogP contribution in [-0.2, 0) is 17.8 Å². The standard InChI is InChI=1S/C20H20N4O3/c1-3-18-22-23(12-19(25)21-13(2)14-7-5-4-6-8-14)20(26)16-11-17-15(24(16)18)9-10-27-17/h4-11,13H,3,12H2,1-2H3,(H,21,25)/t13-/m0/s1. The molecule has 4 rings (SSSR count). The molecule has 138 valence electrons. The zero-order chi connectivity index (χ0) is 19.0. The predicted molar refractivity (Wildman–Crippen MR) is 102 cm³/mol. The highest BCUT2D eigenvalue weighted by atomic mass is 16.3. The number of aryl methyl sites for hydroxylation is 1. The highest BCUT2D eigenvalue weighted by Gasteiger charge is 2.17. The molecule has 0 aliphatic rings. The number of carbonyl (C=O) groups is 1. The van der Waals surface area contributed by atoms with Gasteiger partial charge in [-0.1, -0.05) is 37.3 Å². The first-order chi connectivity index (χ1) is 13.1. The summed E-state index contributed by atoms with van der Waals surface area (Å²) in [4.78, 5) is 25.3. The lowest BCUT2D eigenvalue weighted by atomic mass is 10.1. The van der Waals surface area contributed by atoms with Crippen LogP contribution in [0, 0.1) is 0 Å². The number of hydrogen-bond donors (Lipinski definition) is 1. The van der Waals surface area contributed by atoms with Gasteiger partial charge in [0.1, 0.15) is 17.9 Å². The number of benzene rings is 1. The Hall–Kier alpha value is -3.35. The first-order valence-corrected chi connectivity index (χ1v) is 8.91. The van der Waals surface area contributed by atoms with E-state index in [0.717, 1.165) is 11.1 Å². The monoisotopic (exact) mass is 364 g/mol. The van der Waals surface area contributed by atoms with Crippen molar-refractivity contribution in [3.05, 3.63) is 70.5 Å². The average Bonchev–Trinajstić information content (AvgIpc) is 3.26. The molecule has 0 spiro atoms. The minimum absolute atomic E-state index is 0.133. The van der Waals surface area contributed by atoms with Gasteiger partial charge in [0.05, 0.1) is 17.8 Å². The third kappa shape index (κ3) is 3.01. The lowest BCUT2D eigenvalue weighted by molar-refractivity contribution is -0.122. The van der Waals surface area contributed by atoms with Gasteiger partial charge >= 0.3 is 0 Å². The van der Waals surface area contributed by atoms with Gasteiger partial charge in [-0.3, -0.25) is 14.0 Å². The van der Waals surface area contributed by atoms with Gasteiger partial charge in [0.25, 0.3) is 5.56 Å². The second kappa shape index (κ2) is 6.75. The van der Waals surface area contributed by atoms with Crippen molar-refractivity contribution >= 4 is 22.5 Å². The van der Waals surface area contributed by atoms with Crippen LogP contribution in [0.1, 0.15) is 31.3 Å². The Bertz CT molecular complexity index is 1170. The molecule has 0 bridgehead atoms. The third-order valence-corrected chi connectivity index (χ3v) is 4.66. The van der Waals surface area contributed by atoms with Crippen LogP contribution in [-0.4, -0.2) is 20.1 Å². The van der Waals surface area contributed by atoms with Crippen molar-refractivity contribution in [3.8, 4) is 0 Å². The smallest absolute Gasteiger partial charge is 0.291 e. The fraction of sp³-hybridized carbons (Fsp3) is 0.250. The number of rotatable bonds is 5. The van der Waals surface area contributed by atoms with Crippen molar-refractivity contribution in [1.82, 2.24) is 19.5 Å². The summed E-state index contributed by atoms with van der Waals surface area (Å²) in [5.41, 5.74) is 2.58. The molecule has 4 aromatic rings. The molecule has 7 heteroatoms. The van der Waals surface area contributed by atoms with E-state index in [0.29, 0.717) is 23.3 Å². The summed E-state index contributed by atoms with van der Waals surface area (Å²) in [6, 6.07) is 13.0. The maximum absolute atomic E-state index is 12.8. The van der Waals surface area contributed by atoms with E-state index in [9.17, 15) is 9.59 Å². The molecule has 0 aliphatic carbocycles. The Morgan fingerprint density at radius 1 is 1.22 bits per heavy atom. The maximum Gasteiger partial charge on any atom is 0.291 e. The molecule has 1 atom stereocenters. The lowest BCUT2D eigenvalue weighted by Crippen LogP contribution is -2.36. The normalized spacial score (nSPS) is 12.5. The molecular formula is C20H20N4O3. The van der Waals surface area contributed by atoms with Gasteiger partial charge in [0.15, 0.2) is 5.58 Å². The topological polar surface area (TPSA) is 81.5 Å². The molecule has 0 unspecified atom stereocenters. The van der Waals surface area contributed by atoms with Crippen molar-refractivity contribution in [2.24, 2.45) is 0 Å². The highest BCUT2D eigenvalue weighted by molar-refractivity contribution is 5.82. The number of carbonyl (C=O) groups excluding carboxylic acids is 1. The zero-order valence-corrected chi connectivity index (χ0v) is 15.2. The Balaban J connectivity index is 1.64. The molecule has 27 heavy (non-hydrogen) atoms. The van der Waals surface area contributed by atoms with E-state index < -0.39 is 0 Å². The Morgan fingerprint density at radius 2 is 2.00 bits per heavy atom. The number of aromatic nitrogens is 3. The molecule has 0 fully saturated rings. The van der Waals surface area contributed by atoms with Gasteiger partial charge in [-0.05, 0) is 12.5 Å². The van der Waals surface area contributed by atoms with Crippen LogP contribution in [0.25, 0.3) is 16.6 Å². The Morgan fingerprint density at radius 3 is 2.74 bits per heavy atom. The van der Waals surface area contributed by atoms with E-state index in [4.69, 9.17) is 4.42 Å². The second-order valence-corrected chi connectivity index (χ2v) is 6.47. The maximum atomic E-state index is 12.8. The van der Waals surface area contributed by atoms with E-state index in [1.807, 2.05) is 44.2 Å². The summed E-state index contributed by atoms with van der Waals surface area (Å²) in [5, 5.41) is 7.32. The molecule has 1 N–H and O–H groups in total. The number of nitrogens with zero attached hydrogens (tertiary/aromatic N) is 3. The minimum Gasteiger partial charge on any atom is -0.463 e. The van der Waals surface area contributed by atoms with Crippen molar-refractivity contribution in [3.63, 3.8) is 0 Å². The Labute approximate surface area is 155 Å². The molecule has 1 aromatic carbocycles. The molecule has 7 nitrogen and oxygen atoms in total. The fourth-order valence-corrected chi connectivity index (χ4v) is 3.31. The summed E-state index contributed by atoms with van der Waals surface area (Å²) in [5.74, 6) is 0.438. The summed E-state index contributed by atoms with van der Waals surface area (Å²) >= 11 is 0. The number of hydrogen-bond acceptors (Lipinski definition) is 4. The SMILES string of the molecule is CCc1nn(CC(=O)N[C@@H](C)c2ccccc2)c(=O)c2cc3occc3n12. The molecule has 0 saturated carbocycles. The molecular weight excluding hydrogens is 344 g/mol. The van der Waals surface area contributed by atoms with Crippen molar-refractivity contribution in [2.45, 2.75) is 32.9 Å². The van der Waals surface area contributed by atoms with Crippen LogP contribution in [0.3, 0.4) is 0 Å². The van der Waals surface area contributed by atoms with Crippen LogP contribution >= 0.6 is 0 Å². The Kier molecular flexibility index (Phi) is 4.27. The average molecular weight is 364 g/mol. The molecule has 0 aliphatic heterocycles. The predicted octanol–water partition coefficient (Wildman–Crippen LogP) is 2.68. The van der Waals surface area contributed by atoms with Crippen LogP contribution in [0.4, 0.5) is 0 Å². The fourth-order valence-electron chi connectivity index (χ4n) is 3.31. The number of nitrogens with one attached hydrogen (secondary N) is 1. The minimum atomic E-state index is -0.318. The first kappa shape index (κ1) is 17.1. The molecule has 0 saturated heterocycles. The summed E-state index contributed by atoms with van der Waals surface area (Å²) in [6.45, 7) is 3.73. The van der Waals surface area contributed by atoms with Gasteiger partial charge in [0.2, 0.25) is 5.91 Å².